The second-order valence-corrected chi connectivity index (χ2v) is 1.81. The molecule has 0 aromatic heterocycles. The highest BCUT2D eigenvalue weighted by Crippen LogP contribution is 1.89. The van der Waals surface area contributed by atoms with Gasteiger partial charge in [-0.15, -0.1) is 0 Å². The standard InChI is InChI=1S/C6H15N.H2O/c1-3-4-5-6-7-2;/h7H,3-6H2,1-2H3;1H2. The molecule has 0 saturated carbocycles. The number of nitrogens with one attached hydrogen (secondary N) is 1. The molecule has 0 aliphatic carbocycles. The van der Waals surface area contributed by atoms with Crippen molar-refractivity contribution < 1.29 is 5.48 Å². The van der Waals surface area contributed by atoms with Crippen LogP contribution in [0.3, 0.4) is 0 Å². The van der Waals surface area contributed by atoms with E-state index in [0.717, 1.165) is 0 Å². The van der Waals surface area contributed by atoms with Gasteiger partial charge in [0.25, 0.3) is 0 Å². The zero-order chi connectivity index (χ0) is 5.54. The number of hydrogen-bond acceptors (Lipinski definition) is 1. The summed E-state index contributed by atoms with van der Waals surface area (Å²) in [5.74, 6) is 0. The van der Waals surface area contributed by atoms with E-state index in [1.807, 2.05) is 7.05 Å². The summed E-state index contributed by atoms with van der Waals surface area (Å²) in [7, 11) is 2.00. The highest BCUT2D eigenvalue weighted by atomic mass is 16.0. The third-order valence-electron chi connectivity index (χ3n) is 1.03. The predicted molar refractivity (Wildman–Crippen MR) is 37.1 cm³/mol. The summed E-state index contributed by atoms with van der Waals surface area (Å²) in [6.45, 7) is 3.39. The third-order valence-corrected chi connectivity index (χ3v) is 1.03. The predicted octanol–water partition coefficient (Wildman–Crippen LogP) is 0.571. The van der Waals surface area contributed by atoms with Crippen molar-refractivity contribution in [2.45, 2.75) is 26.2 Å². The second kappa shape index (κ2) is 10.0. The Morgan fingerprint density at radius 1 is 1.25 bits per heavy atom. The van der Waals surface area contributed by atoms with Crippen LogP contribution in [0, 0.1) is 0 Å². The lowest BCUT2D eigenvalue weighted by Crippen LogP contribution is -2.06. The minimum Gasteiger partial charge on any atom is -0.412 e. The zero-order valence-electron chi connectivity index (χ0n) is 5.83. The van der Waals surface area contributed by atoms with Gasteiger partial charge < -0.3 is 10.8 Å². The zero-order valence-corrected chi connectivity index (χ0v) is 5.83. The fourth-order valence-corrected chi connectivity index (χ4v) is 0.552. The van der Waals surface area contributed by atoms with E-state index < -0.39 is 0 Å². The smallest absolute Gasteiger partial charge is 0.00519 e. The Morgan fingerprint density at radius 2 is 1.88 bits per heavy atom. The molecule has 0 atom stereocenters. The van der Waals surface area contributed by atoms with Gasteiger partial charge in [-0.25, -0.2) is 0 Å². The molecule has 0 aromatic rings. The maximum Gasteiger partial charge on any atom is -0.00519 e. The van der Waals surface area contributed by atoms with Gasteiger partial charge in [0.05, 0.1) is 0 Å². The van der Waals surface area contributed by atoms with Crippen LogP contribution in [0.2, 0.25) is 0 Å². The van der Waals surface area contributed by atoms with Crippen LogP contribution in [0.4, 0.5) is 0 Å². The molecular formula is C6H17NO. The first-order valence-electron chi connectivity index (χ1n) is 3.06. The Bertz CT molecular complexity index is 27.7. The molecule has 8 heavy (non-hydrogen) atoms. The van der Waals surface area contributed by atoms with Crippen molar-refractivity contribution in [1.82, 2.24) is 5.32 Å². The lowest BCUT2D eigenvalue weighted by molar-refractivity contribution is 0.667. The minimum atomic E-state index is 0. The van der Waals surface area contributed by atoms with Crippen LogP contribution >= 0.6 is 0 Å². The SMILES string of the molecule is CCCCCNC.O. The maximum atomic E-state index is 3.10. The Kier molecular flexibility index (Phi) is 13.6. The third kappa shape index (κ3) is 9.33. The van der Waals surface area contributed by atoms with Crippen molar-refractivity contribution in [2.75, 3.05) is 13.6 Å². The summed E-state index contributed by atoms with van der Waals surface area (Å²) in [5.41, 5.74) is 0. The normalized spacial score (nSPS) is 8.25. The fraction of sp³-hybridized carbons (Fsp3) is 1.00. The number of rotatable bonds is 4. The molecule has 0 heterocycles. The number of unbranched alkanes of at least 4 members (excludes halogenated alkanes) is 2. The van der Waals surface area contributed by atoms with Gasteiger partial charge in [0.15, 0.2) is 0 Å². The van der Waals surface area contributed by atoms with E-state index in [1.165, 1.54) is 25.8 Å². The quantitative estimate of drug-likeness (QED) is 0.540. The molecule has 0 aliphatic rings. The molecular weight excluding hydrogens is 102 g/mol. The molecule has 0 spiro atoms. The van der Waals surface area contributed by atoms with Crippen molar-refractivity contribution in [3.8, 4) is 0 Å². The number of hydrogen-bond donors (Lipinski definition) is 1. The van der Waals surface area contributed by atoms with E-state index in [2.05, 4.69) is 12.2 Å². The van der Waals surface area contributed by atoms with Crippen molar-refractivity contribution in [3.63, 3.8) is 0 Å². The molecule has 0 aromatic carbocycles. The highest BCUT2D eigenvalue weighted by molar-refractivity contribution is 4.39. The van der Waals surface area contributed by atoms with Crippen LogP contribution in [-0.2, 0) is 0 Å². The van der Waals surface area contributed by atoms with Gasteiger partial charge in [0.2, 0.25) is 0 Å². The Labute approximate surface area is 51.6 Å². The van der Waals surface area contributed by atoms with Crippen LogP contribution in [-0.4, -0.2) is 19.1 Å². The monoisotopic (exact) mass is 119 g/mol. The summed E-state index contributed by atoms with van der Waals surface area (Å²) >= 11 is 0. The molecule has 0 fully saturated rings. The molecule has 0 unspecified atom stereocenters. The molecule has 0 aliphatic heterocycles. The Hall–Kier alpha value is -0.0800. The van der Waals surface area contributed by atoms with Crippen LogP contribution in [0.1, 0.15) is 26.2 Å². The van der Waals surface area contributed by atoms with Gasteiger partial charge in [0.1, 0.15) is 0 Å². The minimum absolute atomic E-state index is 0. The van der Waals surface area contributed by atoms with Gasteiger partial charge >= 0.3 is 0 Å². The van der Waals surface area contributed by atoms with Crippen molar-refractivity contribution in [1.29, 1.82) is 0 Å². The molecule has 3 N–H and O–H groups in total. The largest absolute Gasteiger partial charge is 0.412 e. The van der Waals surface area contributed by atoms with Gasteiger partial charge in [-0.2, -0.15) is 0 Å². The summed E-state index contributed by atoms with van der Waals surface area (Å²) < 4.78 is 0. The summed E-state index contributed by atoms with van der Waals surface area (Å²) in [6.07, 6.45) is 4.01. The van der Waals surface area contributed by atoms with Crippen molar-refractivity contribution in [3.05, 3.63) is 0 Å². The van der Waals surface area contributed by atoms with E-state index in [1.54, 1.807) is 0 Å². The van der Waals surface area contributed by atoms with Crippen LogP contribution in [0.25, 0.3) is 0 Å². The van der Waals surface area contributed by atoms with E-state index in [9.17, 15) is 0 Å². The first-order chi connectivity index (χ1) is 3.41. The van der Waals surface area contributed by atoms with Crippen LogP contribution in [0.15, 0.2) is 0 Å². The Balaban J connectivity index is 0. The van der Waals surface area contributed by atoms with E-state index in [4.69, 9.17) is 0 Å². The summed E-state index contributed by atoms with van der Waals surface area (Å²) in [4.78, 5) is 0. The maximum absolute atomic E-state index is 3.10. The molecule has 0 amide bonds. The summed E-state index contributed by atoms with van der Waals surface area (Å²) in [6, 6.07) is 0. The van der Waals surface area contributed by atoms with Gasteiger partial charge in [0, 0.05) is 0 Å². The first kappa shape index (κ1) is 10.8. The molecule has 0 bridgehead atoms. The average molecular weight is 119 g/mol. The molecule has 0 rings (SSSR count). The van der Waals surface area contributed by atoms with E-state index in [0.29, 0.717) is 0 Å². The highest BCUT2D eigenvalue weighted by Gasteiger charge is 1.78. The van der Waals surface area contributed by atoms with E-state index in [-0.39, 0.29) is 5.48 Å². The summed E-state index contributed by atoms with van der Waals surface area (Å²) in [5, 5.41) is 3.10. The van der Waals surface area contributed by atoms with E-state index >= 15 is 0 Å². The fourth-order valence-electron chi connectivity index (χ4n) is 0.552. The first-order valence-corrected chi connectivity index (χ1v) is 3.06. The molecule has 52 valence electrons. The second-order valence-electron chi connectivity index (χ2n) is 1.81. The van der Waals surface area contributed by atoms with Crippen LogP contribution in [0.5, 0.6) is 0 Å². The molecule has 2 heteroatoms. The molecule has 0 radical (unpaired) electrons. The van der Waals surface area contributed by atoms with Gasteiger partial charge in [-0.1, -0.05) is 19.8 Å². The molecule has 0 saturated heterocycles. The average Bonchev–Trinajstić information content (AvgIpc) is 1.69. The van der Waals surface area contributed by atoms with Gasteiger partial charge in [-0.05, 0) is 20.0 Å². The van der Waals surface area contributed by atoms with Crippen molar-refractivity contribution >= 4 is 0 Å². The molecule has 2 nitrogen and oxygen atoms in total. The lowest BCUT2D eigenvalue weighted by atomic mass is 10.2. The van der Waals surface area contributed by atoms with Crippen molar-refractivity contribution in [2.24, 2.45) is 0 Å². The van der Waals surface area contributed by atoms with Gasteiger partial charge in [-0.3, -0.25) is 0 Å². The topological polar surface area (TPSA) is 43.5 Å². The Morgan fingerprint density at radius 3 is 2.25 bits per heavy atom. The lowest BCUT2D eigenvalue weighted by Gasteiger charge is -1.93. The van der Waals surface area contributed by atoms with Crippen LogP contribution < -0.4 is 5.32 Å².